The standard InChI is InChI=1S/C20H17BrO5/c1-3-12-10-17(22)14-8-9-18(24-2)15(19(14)26-12)11-25-20(23)13-6-4-5-7-16(13)21/h4-10H,3,11H2,1-2H3. The topological polar surface area (TPSA) is 65.7 Å². The highest BCUT2D eigenvalue weighted by Crippen LogP contribution is 2.29. The van der Waals surface area contributed by atoms with E-state index < -0.39 is 5.97 Å². The lowest BCUT2D eigenvalue weighted by Gasteiger charge is -2.12. The lowest BCUT2D eigenvalue weighted by molar-refractivity contribution is 0.0470. The third-order valence-corrected chi connectivity index (χ3v) is 4.71. The zero-order valence-electron chi connectivity index (χ0n) is 14.4. The Bertz CT molecular complexity index is 1020. The van der Waals surface area contributed by atoms with Gasteiger partial charge in [0.2, 0.25) is 0 Å². The van der Waals surface area contributed by atoms with E-state index in [1.165, 1.54) is 13.2 Å². The van der Waals surface area contributed by atoms with E-state index in [9.17, 15) is 9.59 Å². The summed E-state index contributed by atoms with van der Waals surface area (Å²) in [6.45, 7) is 1.83. The maximum absolute atomic E-state index is 12.4. The van der Waals surface area contributed by atoms with Gasteiger partial charge in [0.05, 0.1) is 23.6 Å². The number of ether oxygens (including phenoxy) is 2. The SMILES string of the molecule is CCc1cc(=O)c2ccc(OC)c(COC(=O)c3ccccc3Br)c2o1. The minimum atomic E-state index is -0.481. The molecule has 1 heterocycles. The number of benzene rings is 2. The molecule has 134 valence electrons. The molecule has 0 aliphatic carbocycles. The molecule has 0 bridgehead atoms. The summed E-state index contributed by atoms with van der Waals surface area (Å²) in [7, 11) is 1.52. The molecule has 2 aromatic carbocycles. The van der Waals surface area contributed by atoms with Gasteiger partial charge in [0.25, 0.3) is 0 Å². The first-order valence-electron chi connectivity index (χ1n) is 8.09. The van der Waals surface area contributed by atoms with E-state index in [2.05, 4.69) is 15.9 Å². The van der Waals surface area contributed by atoms with Crippen molar-refractivity contribution in [2.75, 3.05) is 7.11 Å². The second kappa shape index (κ2) is 7.74. The molecule has 0 fully saturated rings. The predicted octanol–water partition coefficient (Wildman–Crippen LogP) is 4.48. The fourth-order valence-corrected chi connectivity index (χ4v) is 3.10. The molecule has 0 saturated heterocycles. The van der Waals surface area contributed by atoms with E-state index >= 15 is 0 Å². The summed E-state index contributed by atoms with van der Waals surface area (Å²) in [6.07, 6.45) is 0.582. The quantitative estimate of drug-likeness (QED) is 0.573. The molecule has 5 nitrogen and oxygen atoms in total. The number of methoxy groups -OCH3 is 1. The molecule has 0 radical (unpaired) electrons. The minimum Gasteiger partial charge on any atom is -0.496 e. The Balaban J connectivity index is 2.00. The lowest BCUT2D eigenvalue weighted by atomic mass is 10.1. The number of hydrogen-bond donors (Lipinski definition) is 0. The fraction of sp³-hybridized carbons (Fsp3) is 0.200. The molecule has 0 atom stereocenters. The molecule has 0 N–H and O–H groups in total. The maximum Gasteiger partial charge on any atom is 0.339 e. The highest BCUT2D eigenvalue weighted by molar-refractivity contribution is 9.10. The second-order valence-electron chi connectivity index (χ2n) is 5.61. The molecule has 3 rings (SSSR count). The van der Waals surface area contributed by atoms with Crippen LogP contribution in [0.3, 0.4) is 0 Å². The van der Waals surface area contributed by atoms with Crippen LogP contribution in [0.5, 0.6) is 5.75 Å². The smallest absolute Gasteiger partial charge is 0.339 e. The molecule has 3 aromatic rings. The highest BCUT2D eigenvalue weighted by Gasteiger charge is 2.17. The van der Waals surface area contributed by atoms with Crippen LogP contribution in [0.2, 0.25) is 0 Å². The minimum absolute atomic E-state index is 0.0726. The van der Waals surface area contributed by atoms with Crippen molar-refractivity contribution in [3.63, 3.8) is 0 Å². The Labute approximate surface area is 158 Å². The summed E-state index contributed by atoms with van der Waals surface area (Å²) < 4.78 is 17.3. The summed E-state index contributed by atoms with van der Waals surface area (Å²) in [5.74, 6) is 0.577. The first-order chi connectivity index (χ1) is 12.5. The number of hydrogen-bond acceptors (Lipinski definition) is 5. The molecule has 0 spiro atoms. The maximum atomic E-state index is 12.4. The Kier molecular flexibility index (Phi) is 5.42. The van der Waals surface area contributed by atoms with Crippen LogP contribution >= 0.6 is 15.9 Å². The Hall–Kier alpha value is -2.60. The number of carbonyl (C=O) groups is 1. The molecule has 0 amide bonds. The summed E-state index contributed by atoms with van der Waals surface area (Å²) in [5, 5.41) is 0.426. The Morgan fingerprint density at radius 1 is 1.19 bits per heavy atom. The summed E-state index contributed by atoms with van der Waals surface area (Å²) in [5.41, 5.74) is 1.19. The van der Waals surface area contributed by atoms with Crippen molar-refractivity contribution >= 4 is 32.9 Å². The van der Waals surface area contributed by atoms with Gasteiger partial charge in [-0.25, -0.2) is 4.79 Å². The Morgan fingerprint density at radius 3 is 2.65 bits per heavy atom. The van der Waals surface area contributed by atoms with Gasteiger partial charge in [0, 0.05) is 17.0 Å². The van der Waals surface area contributed by atoms with Gasteiger partial charge in [-0.2, -0.15) is 0 Å². The van der Waals surface area contributed by atoms with Crippen molar-refractivity contribution in [2.24, 2.45) is 0 Å². The number of fused-ring (bicyclic) bond motifs is 1. The molecular formula is C20H17BrO5. The highest BCUT2D eigenvalue weighted by atomic mass is 79.9. The van der Waals surface area contributed by atoms with Crippen LogP contribution in [0.1, 0.15) is 28.6 Å². The van der Waals surface area contributed by atoms with Crippen LogP contribution in [-0.4, -0.2) is 13.1 Å². The van der Waals surface area contributed by atoms with Crippen LogP contribution in [0.25, 0.3) is 11.0 Å². The molecule has 0 aliphatic heterocycles. The van der Waals surface area contributed by atoms with Crippen LogP contribution in [0.15, 0.2) is 56.1 Å². The van der Waals surface area contributed by atoms with Crippen LogP contribution in [0, 0.1) is 0 Å². The van der Waals surface area contributed by atoms with Gasteiger partial charge in [-0.1, -0.05) is 19.1 Å². The van der Waals surface area contributed by atoms with Crippen molar-refractivity contribution in [3.05, 3.63) is 74.0 Å². The molecule has 1 aromatic heterocycles. The van der Waals surface area contributed by atoms with Gasteiger partial charge in [-0.05, 0) is 40.2 Å². The van der Waals surface area contributed by atoms with Gasteiger partial charge in [-0.3, -0.25) is 4.79 Å². The van der Waals surface area contributed by atoms with Gasteiger partial charge in [-0.15, -0.1) is 0 Å². The number of aryl methyl sites for hydroxylation is 1. The van der Waals surface area contributed by atoms with Gasteiger partial charge < -0.3 is 13.9 Å². The van der Waals surface area contributed by atoms with E-state index in [0.717, 1.165) is 0 Å². The average Bonchev–Trinajstić information content (AvgIpc) is 2.65. The molecule has 0 unspecified atom stereocenters. The van der Waals surface area contributed by atoms with Gasteiger partial charge in [0.1, 0.15) is 23.7 Å². The third kappa shape index (κ3) is 3.51. The zero-order valence-corrected chi connectivity index (χ0v) is 16.0. The molecule has 0 saturated carbocycles. The third-order valence-electron chi connectivity index (χ3n) is 4.02. The van der Waals surface area contributed by atoms with Crippen LogP contribution in [0.4, 0.5) is 0 Å². The second-order valence-corrected chi connectivity index (χ2v) is 6.46. The summed E-state index contributed by atoms with van der Waals surface area (Å²) in [6, 6.07) is 11.8. The number of esters is 1. The first kappa shape index (κ1) is 18.2. The van der Waals surface area contributed by atoms with Crippen molar-refractivity contribution in [2.45, 2.75) is 20.0 Å². The summed E-state index contributed by atoms with van der Waals surface area (Å²) in [4.78, 5) is 24.7. The Morgan fingerprint density at radius 2 is 1.96 bits per heavy atom. The predicted molar refractivity (Wildman–Crippen MR) is 102 cm³/mol. The number of rotatable bonds is 5. The van der Waals surface area contributed by atoms with E-state index in [1.807, 2.05) is 13.0 Å². The molecule has 0 aliphatic rings. The molecule has 6 heteroatoms. The van der Waals surface area contributed by atoms with E-state index in [1.54, 1.807) is 30.3 Å². The van der Waals surface area contributed by atoms with Crippen LogP contribution < -0.4 is 10.2 Å². The zero-order chi connectivity index (χ0) is 18.7. The fourth-order valence-electron chi connectivity index (χ4n) is 2.65. The normalized spacial score (nSPS) is 10.7. The van der Waals surface area contributed by atoms with E-state index in [-0.39, 0.29) is 12.0 Å². The van der Waals surface area contributed by atoms with E-state index in [4.69, 9.17) is 13.9 Å². The average molecular weight is 417 g/mol. The largest absolute Gasteiger partial charge is 0.496 e. The van der Waals surface area contributed by atoms with Crippen molar-refractivity contribution < 1.29 is 18.7 Å². The lowest BCUT2D eigenvalue weighted by Crippen LogP contribution is -2.09. The molecular weight excluding hydrogens is 400 g/mol. The van der Waals surface area contributed by atoms with Gasteiger partial charge >= 0.3 is 5.97 Å². The number of carbonyl (C=O) groups excluding carboxylic acids is 1. The van der Waals surface area contributed by atoms with Crippen LogP contribution in [-0.2, 0) is 17.8 Å². The monoisotopic (exact) mass is 416 g/mol. The first-order valence-corrected chi connectivity index (χ1v) is 8.88. The van der Waals surface area contributed by atoms with E-state index in [0.29, 0.717) is 44.5 Å². The van der Waals surface area contributed by atoms with Crippen molar-refractivity contribution in [1.29, 1.82) is 0 Å². The number of halogens is 1. The summed E-state index contributed by atoms with van der Waals surface area (Å²) >= 11 is 3.33. The molecule has 26 heavy (non-hydrogen) atoms. The van der Waals surface area contributed by atoms with Crippen molar-refractivity contribution in [1.82, 2.24) is 0 Å². The van der Waals surface area contributed by atoms with Gasteiger partial charge in [0.15, 0.2) is 5.43 Å². The van der Waals surface area contributed by atoms with Crippen molar-refractivity contribution in [3.8, 4) is 5.75 Å².